The number of benzene rings is 1. The molecule has 1 aliphatic rings. The van der Waals surface area contributed by atoms with Gasteiger partial charge in [-0.15, -0.1) is 5.10 Å². The summed E-state index contributed by atoms with van der Waals surface area (Å²) in [4.78, 5) is 28.9. The van der Waals surface area contributed by atoms with Crippen molar-refractivity contribution in [3.63, 3.8) is 0 Å². The van der Waals surface area contributed by atoms with Crippen LogP contribution < -0.4 is 5.69 Å². The summed E-state index contributed by atoms with van der Waals surface area (Å²) < 4.78 is 62.8. The minimum atomic E-state index is -4.25. The van der Waals surface area contributed by atoms with Gasteiger partial charge < -0.3 is 5.11 Å². The van der Waals surface area contributed by atoms with E-state index in [9.17, 15) is 23.5 Å². The van der Waals surface area contributed by atoms with Crippen LogP contribution in [0.3, 0.4) is 0 Å². The molecule has 0 bridgehead atoms. The van der Waals surface area contributed by atoms with E-state index in [-0.39, 0.29) is 11.5 Å². The van der Waals surface area contributed by atoms with Crippen molar-refractivity contribution in [3.8, 4) is 5.69 Å². The maximum Gasteiger partial charge on any atom is 0.351 e. The Labute approximate surface area is 211 Å². The first-order valence-electron chi connectivity index (χ1n) is 11.5. The van der Waals surface area contributed by atoms with E-state index in [1.807, 2.05) is 0 Å². The standard InChI is InChI=1S/C23H20F4N8O3/c24-14-5-7-16(17(25)9-14)22(38,11-33-12-29-31-32-33)23(26,27)20-8-6-15(10-28-20)34-13-30-35(21(34)37)18-3-1-2-4-19(18)36/h5-10,12-13,18,38H,1-4,11H2. The van der Waals surface area contributed by atoms with Gasteiger partial charge in [-0.25, -0.2) is 27.5 Å². The summed E-state index contributed by atoms with van der Waals surface area (Å²) in [6.07, 6.45) is 5.38. The van der Waals surface area contributed by atoms with Crippen LogP contribution in [0.5, 0.6) is 0 Å². The molecule has 1 saturated carbocycles. The third kappa shape index (κ3) is 4.27. The molecular formula is C23H20F4N8O3. The first kappa shape index (κ1) is 25.4. The van der Waals surface area contributed by atoms with Gasteiger partial charge in [0.2, 0.25) is 0 Å². The fourth-order valence-electron chi connectivity index (χ4n) is 4.52. The Hall–Kier alpha value is -4.27. The van der Waals surface area contributed by atoms with Gasteiger partial charge in [0.05, 0.1) is 18.4 Å². The van der Waals surface area contributed by atoms with Crippen LogP contribution in [0.15, 0.2) is 54.0 Å². The van der Waals surface area contributed by atoms with Crippen LogP contribution in [-0.4, -0.2) is 50.4 Å². The van der Waals surface area contributed by atoms with E-state index in [4.69, 9.17) is 0 Å². The van der Waals surface area contributed by atoms with Gasteiger partial charge in [-0.1, -0.05) is 6.42 Å². The summed E-state index contributed by atoms with van der Waals surface area (Å²) in [5.74, 6) is -6.79. The van der Waals surface area contributed by atoms with Crippen LogP contribution in [0.25, 0.3) is 5.69 Å². The molecule has 198 valence electrons. The molecule has 5 rings (SSSR count). The maximum atomic E-state index is 15.9. The van der Waals surface area contributed by atoms with Crippen molar-refractivity contribution < 1.29 is 27.5 Å². The van der Waals surface area contributed by atoms with Crippen LogP contribution in [0, 0.1) is 11.6 Å². The monoisotopic (exact) mass is 532 g/mol. The lowest BCUT2D eigenvalue weighted by atomic mass is 9.84. The number of nitrogens with zero attached hydrogens (tertiary/aromatic N) is 8. The van der Waals surface area contributed by atoms with Crippen molar-refractivity contribution in [2.24, 2.45) is 0 Å². The van der Waals surface area contributed by atoms with E-state index < -0.39 is 52.7 Å². The van der Waals surface area contributed by atoms with Gasteiger partial charge in [0.15, 0.2) is 11.4 Å². The number of rotatable bonds is 7. The number of pyridine rings is 1. The quantitative estimate of drug-likeness (QED) is 0.358. The normalized spacial score (nSPS) is 17.9. The van der Waals surface area contributed by atoms with E-state index in [1.165, 1.54) is 0 Å². The number of halogens is 4. The van der Waals surface area contributed by atoms with Crippen molar-refractivity contribution in [3.05, 3.63) is 82.6 Å². The highest BCUT2D eigenvalue weighted by atomic mass is 19.3. The lowest BCUT2D eigenvalue weighted by Gasteiger charge is -2.35. The predicted octanol–water partition coefficient (Wildman–Crippen LogP) is 2.06. The van der Waals surface area contributed by atoms with Crippen molar-refractivity contribution in [2.75, 3.05) is 0 Å². The average molecular weight is 532 g/mol. The molecule has 0 amide bonds. The Kier molecular flexibility index (Phi) is 6.38. The van der Waals surface area contributed by atoms with Crippen LogP contribution in [0.2, 0.25) is 0 Å². The minimum absolute atomic E-state index is 0.0704. The van der Waals surface area contributed by atoms with Crippen LogP contribution in [-0.2, 0) is 22.9 Å². The summed E-state index contributed by atoms with van der Waals surface area (Å²) in [6, 6.07) is 3.12. The van der Waals surface area contributed by atoms with E-state index in [0.29, 0.717) is 25.0 Å². The maximum absolute atomic E-state index is 15.9. The smallest absolute Gasteiger partial charge is 0.351 e. The van der Waals surface area contributed by atoms with Gasteiger partial charge in [-0.2, -0.15) is 13.9 Å². The summed E-state index contributed by atoms with van der Waals surface area (Å²) in [5, 5.41) is 25.4. The molecule has 3 aromatic heterocycles. The SMILES string of the molecule is O=C1CCCCC1n1ncn(-c2ccc(C(F)(F)C(O)(Cn3cnnn3)c3ccc(F)cc3F)nc2)c1=O. The number of carbonyl (C=O) groups is 1. The Bertz CT molecular complexity index is 1520. The van der Waals surface area contributed by atoms with Crippen molar-refractivity contribution in [1.29, 1.82) is 0 Å². The molecule has 0 aliphatic heterocycles. The molecule has 0 saturated heterocycles. The molecule has 15 heteroatoms. The van der Waals surface area contributed by atoms with Crippen molar-refractivity contribution >= 4 is 5.78 Å². The minimum Gasteiger partial charge on any atom is -0.377 e. The van der Waals surface area contributed by atoms with Gasteiger partial charge in [0.1, 0.15) is 36.0 Å². The van der Waals surface area contributed by atoms with E-state index >= 15 is 8.78 Å². The lowest BCUT2D eigenvalue weighted by Crippen LogP contribution is -2.48. The number of ketones is 1. The van der Waals surface area contributed by atoms with Crippen LogP contribution in [0.4, 0.5) is 17.6 Å². The Morgan fingerprint density at radius 2 is 1.89 bits per heavy atom. The first-order chi connectivity index (χ1) is 18.1. The molecule has 0 radical (unpaired) electrons. The van der Waals surface area contributed by atoms with Crippen molar-refractivity contribution in [2.45, 2.75) is 49.8 Å². The summed E-state index contributed by atoms with van der Waals surface area (Å²) >= 11 is 0. The van der Waals surface area contributed by atoms with Gasteiger partial charge in [0.25, 0.3) is 0 Å². The lowest BCUT2D eigenvalue weighted by molar-refractivity contribution is -0.207. The molecule has 1 aliphatic carbocycles. The summed E-state index contributed by atoms with van der Waals surface area (Å²) in [5.41, 5.74) is -5.74. The zero-order chi connectivity index (χ0) is 27.1. The highest BCUT2D eigenvalue weighted by Crippen LogP contribution is 2.46. The highest BCUT2D eigenvalue weighted by molar-refractivity contribution is 5.83. The Morgan fingerprint density at radius 3 is 2.55 bits per heavy atom. The topological polar surface area (TPSA) is 134 Å². The largest absolute Gasteiger partial charge is 0.377 e. The number of hydrogen-bond donors (Lipinski definition) is 1. The third-order valence-electron chi connectivity index (χ3n) is 6.54. The van der Waals surface area contributed by atoms with Gasteiger partial charge in [-0.05, 0) is 47.5 Å². The Balaban J connectivity index is 1.51. The summed E-state index contributed by atoms with van der Waals surface area (Å²) in [7, 11) is 0. The molecule has 38 heavy (non-hydrogen) atoms. The number of aliphatic hydroxyl groups is 1. The second-order valence-corrected chi connectivity index (χ2v) is 8.92. The number of Topliss-reactive ketones (excluding diaryl/α,β-unsaturated/α-hetero) is 1. The molecular weight excluding hydrogens is 512 g/mol. The zero-order valence-corrected chi connectivity index (χ0v) is 19.6. The van der Waals surface area contributed by atoms with E-state index in [1.54, 1.807) is 0 Å². The Morgan fingerprint density at radius 1 is 1.08 bits per heavy atom. The molecule has 11 nitrogen and oxygen atoms in total. The summed E-state index contributed by atoms with van der Waals surface area (Å²) in [6.45, 7) is -0.999. The number of aromatic nitrogens is 8. The van der Waals surface area contributed by atoms with Crippen LogP contribution >= 0.6 is 0 Å². The molecule has 4 aromatic rings. The highest BCUT2D eigenvalue weighted by Gasteiger charge is 2.58. The van der Waals surface area contributed by atoms with Gasteiger partial charge in [0, 0.05) is 18.1 Å². The molecule has 1 aromatic carbocycles. The molecule has 1 N–H and O–H groups in total. The van der Waals surface area contributed by atoms with E-state index in [2.05, 4.69) is 25.6 Å². The molecule has 0 spiro atoms. The first-order valence-corrected chi connectivity index (χ1v) is 11.5. The fraction of sp³-hybridized carbons (Fsp3) is 0.348. The molecule has 2 atom stereocenters. The van der Waals surface area contributed by atoms with Gasteiger partial charge >= 0.3 is 11.6 Å². The molecule has 1 fully saturated rings. The molecule has 3 heterocycles. The number of tetrazole rings is 1. The number of hydrogen-bond acceptors (Lipinski definition) is 8. The number of carbonyl (C=O) groups excluding carboxylic acids is 1. The fourth-order valence-corrected chi connectivity index (χ4v) is 4.52. The van der Waals surface area contributed by atoms with Crippen molar-refractivity contribution in [1.82, 2.24) is 39.5 Å². The molecule has 2 unspecified atom stereocenters. The third-order valence-corrected chi connectivity index (χ3v) is 6.54. The van der Waals surface area contributed by atoms with Gasteiger partial charge in [-0.3, -0.25) is 9.78 Å². The number of alkyl halides is 2. The second kappa shape index (κ2) is 9.55. The average Bonchev–Trinajstić information content (AvgIpc) is 3.53. The zero-order valence-electron chi connectivity index (χ0n) is 19.6. The second-order valence-electron chi connectivity index (χ2n) is 8.92. The van der Waals surface area contributed by atoms with Crippen LogP contribution in [0.1, 0.15) is 43.0 Å². The van der Waals surface area contributed by atoms with E-state index in [0.717, 1.165) is 63.8 Å². The predicted molar refractivity (Wildman–Crippen MR) is 120 cm³/mol.